The first-order chi connectivity index (χ1) is 8.33. The Morgan fingerprint density at radius 2 is 2.06 bits per heavy atom. The quantitative estimate of drug-likeness (QED) is 0.761. The van der Waals surface area contributed by atoms with Crippen LogP contribution in [0.15, 0.2) is 24.3 Å². The first-order valence-electron chi connectivity index (χ1n) is 6.07. The maximum atomic E-state index is 11.8. The number of aliphatic hydroxyl groups is 1. The monoisotopic (exact) mass is 234 g/mol. The van der Waals surface area contributed by atoms with Gasteiger partial charge in [-0.3, -0.25) is 4.79 Å². The smallest absolute Gasteiger partial charge is 0.246 e. The number of aliphatic hydroxyl groups excluding tert-OH is 1. The highest BCUT2D eigenvalue weighted by molar-refractivity contribution is 6.02. The Morgan fingerprint density at radius 3 is 2.88 bits per heavy atom. The number of nitrogens with one attached hydrogen (secondary N) is 1. The van der Waals surface area contributed by atoms with E-state index in [2.05, 4.69) is 5.32 Å². The molecule has 1 aliphatic rings. The van der Waals surface area contributed by atoms with Crippen molar-refractivity contribution in [3.8, 4) is 0 Å². The Labute approximate surface area is 101 Å². The fourth-order valence-corrected chi connectivity index (χ4v) is 2.06. The zero-order valence-electron chi connectivity index (χ0n) is 9.85. The second kappa shape index (κ2) is 5.68. The molecule has 1 aliphatic heterocycles. The number of para-hydroxylation sites is 2. The second-order valence-electron chi connectivity index (χ2n) is 4.20. The molecule has 0 atom stereocenters. The molecule has 1 aromatic carbocycles. The number of anilines is 2. The number of unbranched alkanes of at least 4 members (excludes halogenated alkanes) is 2. The van der Waals surface area contributed by atoms with Crippen LogP contribution in [0.5, 0.6) is 0 Å². The third-order valence-electron chi connectivity index (χ3n) is 2.97. The zero-order valence-corrected chi connectivity index (χ0v) is 9.85. The van der Waals surface area contributed by atoms with E-state index in [0.717, 1.165) is 37.2 Å². The molecule has 0 fully saturated rings. The fraction of sp³-hybridized carbons (Fsp3) is 0.462. The highest BCUT2D eigenvalue weighted by Crippen LogP contribution is 2.28. The van der Waals surface area contributed by atoms with Crippen LogP contribution in [0.2, 0.25) is 0 Å². The third-order valence-corrected chi connectivity index (χ3v) is 2.97. The lowest BCUT2D eigenvalue weighted by molar-refractivity contribution is -0.117. The van der Waals surface area contributed by atoms with Crippen LogP contribution in [0.25, 0.3) is 0 Å². The highest BCUT2D eigenvalue weighted by atomic mass is 16.2. The first kappa shape index (κ1) is 11.9. The Balaban J connectivity index is 2.02. The van der Waals surface area contributed by atoms with Crippen LogP contribution in [0.3, 0.4) is 0 Å². The predicted octanol–water partition coefficient (Wildman–Crippen LogP) is 1.61. The maximum absolute atomic E-state index is 11.8. The number of hydrogen-bond donors (Lipinski definition) is 2. The molecule has 0 radical (unpaired) electrons. The van der Waals surface area contributed by atoms with E-state index in [1.54, 1.807) is 0 Å². The van der Waals surface area contributed by atoms with Gasteiger partial charge in [0.05, 0.1) is 17.9 Å². The molecule has 0 saturated carbocycles. The average Bonchev–Trinajstić information content (AvgIpc) is 2.37. The number of hydrogen-bond acceptors (Lipinski definition) is 3. The summed E-state index contributed by atoms with van der Waals surface area (Å²) in [6, 6.07) is 7.86. The summed E-state index contributed by atoms with van der Waals surface area (Å²) in [6.07, 6.45) is 2.69. The van der Waals surface area contributed by atoms with E-state index in [1.165, 1.54) is 0 Å². The van der Waals surface area contributed by atoms with E-state index < -0.39 is 0 Å². The summed E-state index contributed by atoms with van der Waals surface area (Å²) in [6.45, 7) is 1.33. The van der Waals surface area contributed by atoms with E-state index >= 15 is 0 Å². The van der Waals surface area contributed by atoms with Crippen LogP contribution in [0, 0.1) is 0 Å². The molecule has 0 bridgehead atoms. The minimum absolute atomic E-state index is 0.118. The number of rotatable bonds is 5. The predicted molar refractivity (Wildman–Crippen MR) is 68.2 cm³/mol. The van der Waals surface area contributed by atoms with Gasteiger partial charge in [0, 0.05) is 13.2 Å². The highest BCUT2D eigenvalue weighted by Gasteiger charge is 2.22. The molecule has 1 amide bonds. The van der Waals surface area contributed by atoms with E-state index in [9.17, 15) is 4.79 Å². The van der Waals surface area contributed by atoms with Gasteiger partial charge in [0.25, 0.3) is 0 Å². The van der Waals surface area contributed by atoms with Crippen LogP contribution in [0.1, 0.15) is 19.3 Å². The molecule has 2 N–H and O–H groups in total. The molecular formula is C13H18N2O2. The number of carbonyl (C=O) groups excluding carboxylic acids is 1. The molecule has 4 heteroatoms. The molecular weight excluding hydrogens is 216 g/mol. The first-order valence-corrected chi connectivity index (χ1v) is 6.07. The summed E-state index contributed by atoms with van der Waals surface area (Å²) in [7, 11) is 0. The summed E-state index contributed by atoms with van der Waals surface area (Å²) < 4.78 is 0. The minimum atomic E-state index is 0.118. The Bertz CT molecular complexity index is 393. The molecule has 0 spiro atoms. The van der Waals surface area contributed by atoms with Gasteiger partial charge in [-0.05, 0) is 31.4 Å². The van der Waals surface area contributed by atoms with Crippen molar-refractivity contribution in [3.63, 3.8) is 0 Å². The summed E-state index contributed by atoms with van der Waals surface area (Å²) in [5.41, 5.74) is 1.99. The van der Waals surface area contributed by atoms with Gasteiger partial charge in [-0.2, -0.15) is 0 Å². The largest absolute Gasteiger partial charge is 0.396 e. The summed E-state index contributed by atoms with van der Waals surface area (Å²) in [5.74, 6) is 0.118. The van der Waals surface area contributed by atoms with Crippen molar-refractivity contribution < 1.29 is 9.90 Å². The maximum Gasteiger partial charge on any atom is 0.246 e. The van der Waals surface area contributed by atoms with Crippen LogP contribution < -0.4 is 10.2 Å². The van der Waals surface area contributed by atoms with Gasteiger partial charge < -0.3 is 15.3 Å². The van der Waals surface area contributed by atoms with Crippen LogP contribution in [0.4, 0.5) is 11.4 Å². The van der Waals surface area contributed by atoms with Gasteiger partial charge in [-0.25, -0.2) is 0 Å². The molecule has 0 aromatic heterocycles. The summed E-state index contributed by atoms with van der Waals surface area (Å²) in [5, 5.41) is 11.8. The van der Waals surface area contributed by atoms with Crippen molar-refractivity contribution in [2.75, 3.05) is 29.9 Å². The van der Waals surface area contributed by atoms with Crippen molar-refractivity contribution in [2.24, 2.45) is 0 Å². The van der Waals surface area contributed by atoms with Crippen molar-refractivity contribution >= 4 is 17.3 Å². The van der Waals surface area contributed by atoms with Crippen molar-refractivity contribution in [2.45, 2.75) is 19.3 Å². The molecule has 4 nitrogen and oxygen atoms in total. The van der Waals surface area contributed by atoms with E-state index in [0.29, 0.717) is 6.54 Å². The normalized spacial score (nSPS) is 14.4. The van der Waals surface area contributed by atoms with Crippen LogP contribution in [-0.4, -0.2) is 30.7 Å². The average molecular weight is 234 g/mol. The van der Waals surface area contributed by atoms with Crippen molar-refractivity contribution in [3.05, 3.63) is 24.3 Å². The summed E-state index contributed by atoms with van der Waals surface area (Å²) in [4.78, 5) is 13.7. The molecule has 2 rings (SSSR count). The van der Waals surface area contributed by atoms with Gasteiger partial charge >= 0.3 is 0 Å². The zero-order chi connectivity index (χ0) is 12.1. The van der Waals surface area contributed by atoms with Gasteiger partial charge in [0.15, 0.2) is 0 Å². The van der Waals surface area contributed by atoms with Crippen LogP contribution >= 0.6 is 0 Å². The third kappa shape index (κ3) is 2.77. The lowest BCUT2D eigenvalue weighted by Gasteiger charge is -2.30. The Morgan fingerprint density at radius 1 is 1.24 bits per heavy atom. The fourth-order valence-electron chi connectivity index (χ4n) is 2.06. The number of nitrogens with zero attached hydrogens (tertiary/aromatic N) is 1. The number of carbonyl (C=O) groups is 1. The molecule has 0 unspecified atom stereocenters. The molecule has 0 aliphatic carbocycles. The molecule has 17 heavy (non-hydrogen) atoms. The summed E-state index contributed by atoms with van der Waals surface area (Å²) >= 11 is 0. The molecule has 1 heterocycles. The lowest BCUT2D eigenvalue weighted by Crippen LogP contribution is -2.40. The number of amides is 1. The number of benzene rings is 1. The van der Waals surface area contributed by atoms with Crippen LogP contribution in [-0.2, 0) is 4.79 Å². The Hall–Kier alpha value is -1.55. The second-order valence-corrected chi connectivity index (χ2v) is 4.20. The van der Waals surface area contributed by atoms with E-state index in [1.807, 2.05) is 29.2 Å². The molecule has 0 saturated heterocycles. The molecule has 1 aromatic rings. The Kier molecular flexibility index (Phi) is 3.98. The van der Waals surface area contributed by atoms with Crippen molar-refractivity contribution in [1.82, 2.24) is 0 Å². The molecule has 92 valence electrons. The minimum Gasteiger partial charge on any atom is -0.396 e. The van der Waals surface area contributed by atoms with Gasteiger partial charge in [0.2, 0.25) is 5.91 Å². The lowest BCUT2D eigenvalue weighted by atomic mass is 10.1. The van der Waals surface area contributed by atoms with Gasteiger partial charge in [0.1, 0.15) is 0 Å². The van der Waals surface area contributed by atoms with E-state index in [-0.39, 0.29) is 12.5 Å². The SMILES string of the molecule is O=C1CNc2ccccc2N1CCCCCO. The van der Waals surface area contributed by atoms with E-state index in [4.69, 9.17) is 5.11 Å². The topological polar surface area (TPSA) is 52.6 Å². The number of fused-ring (bicyclic) bond motifs is 1. The van der Waals surface area contributed by atoms with Gasteiger partial charge in [-0.15, -0.1) is 0 Å². The van der Waals surface area contributed by atoms with Crippen molar-refractivity contribution in [1.29, 1.82) is 0 Å². The van der Waals surface area contributed by atoms with Gasteiger partial charge in [-0.1, -0.05) is 12.1 Å². The standard InChI is InChI=1S/C13H18N2O2/c16-9-5-1-4-8-15-12-7-3-2-6-11(12)14-10-13(15)17/h2-3,6-7,14,16H,1,4-5,8-10H2.